The van der Waals surface area contributed by atoms with Crippen molar-refractivity contribution in [2.45, 2.75) is 71.1 Å². The first-order valence-corrected chi connectivity index (χ1v) is 15.6. The Labute approximate surface area is 265 Å². The van der Waals surface area contributed by atoms with Gasteiger partial charge in [0.2, 0.25) is 0 Å². The van der Waals surface area contributed by atoms with Crippen molar-refractivity contribution in [3.63, 3.8) is 0 Å². The molecule has 0 amide bonds. The van der Waals surface area contributed by atoms with Crippen molar-refractivity contribution in [2.24, 2.45) is 0 Å². The van der Waals surface area contributed by atoms with Crippen LogP contribution in [-0.2, 0) is 14.3 Å². The number of anilines is 2. The average molecular weight is 617 g/mol. The predicted octanol–water partition coefficient (Wildman–Crippen LogP) is 7.53. The van der Waals surface area contributed by atoms with E-state index in [1.165, 1.54) is 6.08 Å². The maximum atomic E-state index is 12.2. The summed E-state index contributed by atoms with van der Waals surface area (Å²) in [5.41, 5.74) is 13.5. The third-order valence-electron chi connectivity index (χ3n) is 6.80. The second-order valence-corrected chi connectivity index (χ2v) is 10.7. The average Bonchev–Trinajstić information content (AvgIpc) is 3.02. The smallest absolute Gasteiger partial charge is 0.338 e. The van der Waals surface area contributed by atoms with Gasteiger partial charge in [-0.3, -0.25) is 4.79 Å². The number of rotatable bonds is 19. The summed E-state index contributed by atoms with van der Waals surface area (Å²) in [6, 6.07) is 18.6. The fourth-order valence-corrected chi connectivity index (χ4v) is 4.41. The Bertz CT molecular complexity index is 1370. The van der Waals surface area contributed by atoms with Crippen molar-refractivity contribution in [3.8, 4) is 17.2 Å². The topological polar surface area (TPSA) is 140 Å². The van der Waals surface area contributed by atoms with Crippen LogP contribution in [-0.4, -0.2) is 31.1 Å². The highest BCUT2D eigenvalue weighted by Crippen LogP contribution is 2.20. The van der Waals surface area contributed by atoms with Crippen LogP contribution in [0.3, 0.4) is 0 Å². The molecule has 0 aliphatic rings. The van der Waals surface area contributed by atoms with Crippen molar-refractivity contribution in [3.05, 3.63) is 83.9 Å². The van der Waals surface area contributed by atoms with Gasteiger partial charge in [-0.2, -0.15) is 0 Å². The molecular formula is C36H44N2O7. The number of ether oxygens (including phenoxy) is 4. The van der Waals surface area contributed by atoms with Gasteiger partial charge in [-0.05, 0) is 85.5 Å². The highest BCUT2D eigenvalue weighted by molar-refractivity contribution is 5.91. The number of nitrogens with two attached hydrogens (primary N) is 2. The maximum absolute atomic E-state index is 12.2. The summed E-state index contributed by atoms with van der Waals surface area (Å²) in [6.45, 7) is 3.07. The van der Waals surface area contributed by atoms with Gasteiger partial charge >= 0.3 is 17.9 Å². The van der Waals surface area contributed by atoms with Gasteiger partial charge in [0.1, 0.15) is 17.2 Å². The second-order valence-electron chi connectivity index (χ2n) is 10.7. The third kappa shape index (κ3) is 14.0. The molecule has 9 nitrogen and oxygen atoms in total. The summed E-state index contributed by atoms with van der Waals surface area (Å²) in [5, 5.41) is 0. The van der Waals surface area contributed by atoms with Crippen LogP contribution >= 0.6 is 0 Å². The van der Waals surface area contributed by atoms with Crippen LogP contribution in [0.25, 0.3) is 6.08 Å². The van der Waals surface area contributed by atoms with E-state index in [0.29, 0.717) is 48.1 Å². The van der Waals surface area contributed by atoms with Crippen LogP contribution in [0.2, 0.25) is 0 Å². The van der Waals surface area contributed by atoms with Gasteiger partial charge in [-0.15, -0.1) is 0 Å². The van der Waals surface area contributed by atoms with Crippen molar-refractivity contribution in [1.29, 1.82) is 0 Å². The molecule has 3 aromatic rings. The van der Waals surface area contributed by atoms with Crippen molar-refractivity contribution in [2.75, 3.05) is 24.7 Å². The molecule has 0 fully saturated rings. The third-order valence-corrected chi connectivity index (χ3v) is 6.80. The van der Waals surface area contributed by atoms with Crippen molar-refractivity contribution >= 4 is 35.4 Å². The number of hydrogen-bond donors (Lipinski definition) is 2. The molecule has 9 heteroatoms. The van der Waals surface area contributed by atoms with E-state index in [4.69, 9.17) is 30.4 Å². The van der Waals surface area contributed by atoms with Gasteiger partial charge in [-0.25, -0.2) is 9.59 Å². The molecule has 3 rings (SSSR count). The molecule has 45 heavy (non-hydrogen) atoms. The van der Waals surface area contributed by atoms with E-state index in [0.717, 1.165) is 69.1 Å². The Balaban J connectivity index is 1.23. The Kier molecular flexibility index (Phi) is 15.0. The lowest BCUT2D eigenvalue weighted by atomic mass is 10.1. The molecule has 0 unspecified atom stereocenters. The van der Waals surface area contributed by atoms with Crippen LogP contribution < -0.4 is 25.7 Å². The largest absolute Gasteiger partial charge is 0.494 e. The molecular weight excluding hydrogens is 572 g/mol. The number of esters is 3. The molecule has 0 saturated heterocycles. The van der Waals surface area contributed by atoms with Gasteiger partial charge in [-0.1, -0.05) is 57.6 Å². The molecule has 240 valence electrons. The Morgan fingerprint density at radius 1 is 0.667 bits per heavy atom. The molecule has 0 aliphatic carbocycles. The lowest BCUT2D eigenvalue weighted by Gasteiger charge is -2.07. The predicted molar refractivity (Wildman–Crippen MR) is 176 cm³/mol. The molecule has 0 heterocycles. The SMILES string of the molecule is CCCCCC(=O)Oc1ccc(OC(=O)/C=C/c2ccc(OCCCCCCCCOC(=O)c3cc(N)cc(N)c3)cc2)cc1. The minimum atomic E-state index is -0.510. The highest BCUT2D eigenvalue weighted by Gasteiger charge is 2.09. The molecule has 3 aromatic carbocycles. The van der Waals surface area contributed by atoms with Gasteiger partial charge in [0, 0.05) is 23.9 Å². The van der Waals surface area contributed by atoms with E-state index in [-0.39, 0.29) is 5.97 Å². The summed E-state index contributed by atoms with van der Waals surface area (Å²) in [7, 11) is 0. The lowest BCUT2D eigenvalue weighted by Crippen LogP contribution is -2.07. The van der Waals surface area contributed by atoms with Crippen LogP contribution in [0.5, 0.6) is 17.2 Å². The van der Waals surface area contributed by atoms with Gasteiger partial charge in [0.25, 0.3) is 0 Å². The summed E-state index contributed by atoms with van der Waals surface area (Å²) in [6.07, 6.45) is 12.2. The normalized spacial score (nSPS) is 10.9. The highest BCUT2D eigenvalue weighted by atomic mass is 16.5. The van der Waals surface area contributed by atoms with Gasteiger partial charge < -0.3 is 30.4 Å². The fraction of sp³-hybridized carbons (Fsp3) is 0.361. The van der Waals surface area contributed by atoms with Crippen molar-refractivity contribution in [1.82, 2.24) is 0 Å². The monoisotopic (exact) mass is 616 g/mol. The zero-order valence-electron chi connectivity index (χ0n) is 26.0. The summed E-state index contributed by atoms with van der Waals surface area (Å²) >= 11 is 0. The van der Waals surface area contributed by atoms with E-state index < -0.39 is 11.9 Å². The van der Waals surface area contributed by atoms with Crippen molar-refractivity contribution < 1.29 is 33.3 Å². The zero-order valence-corrected chi connectivity index (χ0v) is 26.0. The zero-order chi connectivity index (χ0) is 32.3. The molecule has 0 aliphatic heterocycles. The van der Waals surface area contributed by atoms with E-state index in [1.54, 1.807) is 48.5 Å². The van der Waals surface area contributed by atoms with Crippen LogP contribution in [0, 0.1) is 0 Å². The molecule has 0 aromatic heterocycles. The number of carbonyl (C=O) groups excluding carboxylic acids is 3. The molecule has 0 radical (unpaired) electrons. The van der Waals surface area contributed by atoms with Gasteiger partial charge in [0.05, 0.1) is 18.8 Å². The first-order chi connectivity index (χ1) is 21.8. The summed E-state index contributed by atoms with van der Waals surface area (Å²) in [4.78, 5) is 36.1. The quantitative estimate of drug-likeness (QED) is 0.0460. The van der Waals surface area contributed by atoms with E-state index in [1.807, 2.05) is 24.3 Å². The summed E-state index contributed by atoms with van der Waals surface area (Å²) < 4.78 is 21.8. The molecule has 0 bridgehead atoms. The van der Waals surface area contributed by atoms with Crippen LogP contribution in [0.4, 0.5) is 11.4 Å². The Hall–Kier alpha value is -4.79. The molecule has 0 spiro atoms. The molecule has 0 saturated carbocycles. The number of unbranched alkanes of at least 4 members (excludes halogenated alkanes) is 7. The molecule has 0 atom stereocenters. The second kappa shape index (κ2) is 19.5. The number of nitrogen functional groups attached to an aromatic ring is 2. The van der Waals surface area contributed by atoms with Crippen LogP contribution in [0.1, 0.15) is 87.1 Å². The first kappa shape index (κ1) is 34.7. The summed E-state index contributed by atoms with van der Waals surface area (Å²) in [5.74, 6) is 0.366. The number of carbonyl (C=O) groups is 3. The Morgan fingerprint density at radius 2 is 1.24 bits per heavy atom. The number of hydrogen-bond acceptors (Lipinski definition) is 9. The van der Waals surface area contributed by atoms with Gasteiger partial charge in [0.15, 0.2) is 0 Å². The number of benzene rings is 3. The molecule has 4 N–H and O–H groups in total. The maximum Gasteiger partial charge on any atom is 0.338 e. The minimum absolute atomic E-state index is 0.267. The first-order valence-electron chi connectivity index (χ1n) is 15.6. The van der Waals surface area contributed by atoms with E-state index >= 15 is 0 Å². The van der Waals surface area contributed by atoms with E-state index in [9.17, 15) is 14.4 Å². The minimum Gasteiger partial charge on any atom is -0.494 e. The Morgan fingerprint density at radius 3 is 1.89 bits per heavy atom. The standard InChI is InChI=1S/C36H44N2O7/c1-2-3-8-11-34(39)44-32-17-19-33(20-18-32)45-35(40)21-14-27-12-15-31(16-13-27)42-22-9-6-4-5-7-10-23-43-36(41)28-24-29(37)26-30(38)25-28/h12-21,24-26H,2-11,22-23,37-38H2,1H3/b21-14+. The lowest BCUT2D eigenvalue weighted by molar-refractivity contribution is -0.134. The fourth-order valence-electron chi connectivity index (χ4n) is 4.41. The van der Waals surface area contributed by atoms with Crippen LogP contribution in [0.15, 0.2) is 72.8 Å². The van der Waals surface area contributed by atoms with E-state index in [2.05, 4.69) is 6.92 Å².